The topological polar surface area (TPSA) is 22.1 Å². The van der Waals surface area contributed by atoms with Gasteiger partial charge in [0.1, 0.15) is 5.75 Å². The summed E-state index contributed by atoms with van der Waals surface area (Å²) in [5.41, 5.74) is 2.43. The Morgan fingerprint density at radius 2 is 2.12 bits per heavy atom. The van der Waals surface area contributed by atoms with E-state index in [1.165, 1.54) is 5.56 Å². The van der Waals surface area contributed by atoms with Gasteiger partial charge in [-0.15, -0.1) is 0 Å². The number of thiophene rings is 1. The van der Waals surface area contributed by atoms with E-state index in [1.54, 1.807) is 17.5 Å². The molecule has 2 heterocycles. The van der Waals surface area contributed by atoms with E-state index >= 15 is 0 Å². The Morgan fingerprint density at radius 1 is 1.29 bits per heavy atom. The van der Waals surface area contributed by atoms with Crippen LogP contribution < -0.4 is 4.74 Å². The zero-order valence-electron chi connectivity index (χ0n) is 10.6. The number of aromatic nitrogens is 1. The van der Waals surface area contributed by atoms with Gasteiger partial charge in [-0.05, 0) is 35.4 Å². The lowest BCUT2D eigenvalue weighted by atomic mass is 10.2. The molecule has 0 amide bonds. The molecule has 0 aliphatic carbocycles. The second-order valence-corrected chi connectivity index (χ2v) is 4.15. The maximum Gasteiger partial charge on any atom is 0.125 e. The molecule has 0 bridgehead atoms. The first-order valence-electron chi connectivity index (χ1n) is 5.91. The molecule has 3 heteroatoms. The van der Waals surface area contributed by atoms with Crippen LogP contribution in [0.15, 0.2) is 35.3 Å². The lowest BCUT2D eigenvalue weighted by Crippen LogP contribution is -2.01. The van der Waals surface area contributed by atoms with Gasteiger partial charge in [0.2, 0.25) is 0 Å². The van der Waals surface area contributed by atoms with Crippen LogP contribution in [0, 0.1) is 6.92 Å². The minimum absolute atomic E-state index is 0.724. The second kappa shape index (κ2) is 7.85. The first kappa shape index (κ1) is 13.7. The van der Waals surface area contributed by atoms with Crippen LogP contribution in [0.4, 0.5) is 0 Å². The predicted molar refractivity (Wildman–Crippen MR) is 73.8 cm³/mol. The van der Waals surface area contributed by atoms with Crippen molar-refractivity contribution in [3.8, 4) is 5.75 Å². The third-order valence-corrected chi connectivity index (χ3v) is 2.93. The van der Waals surface area contributed by atoms with Gasteiger partial charge in [0.05, 0.1) is 6.61 Å². The van der Waals surface area contributed by atoms with Crippen molar-refractivity contribution in [1.82, 2.24) is 4.98 Å². The summed E-state index contributed by atoms with van der Waals surface area (Å²) in [4.78, 5) is 4.02. The molecule has 0 unspecified atom stereocenters. The van der Waals surface area contributed by atoms with Gasteiger partial charge in [0.15, 0.2) is 0 Å². The highest BCUT2D eigenvalue weighted by Gasteiger charge is 1.98. The molecule has 0 N–H and O–H groups in total. The lowest BCUT2D eigenvalue weighted by Gasteiger charge is -2.07. The molecule has 0 radical (unpaired) electrons. The van der Waals surface area contributed by atoms with Crippen LogP contribution in [0.25, 0.3) is 0 Å². The van der Waals surface area contributed by atoms with E-state index in [1.807, 2.05) is 33.0 Å². The number of rotatable bonds is 4. The number of hydrogen-bond acceptors (Lipinski definition) is 3. The number of aryl methyl sites for hydroxylation is 1. The number of nitrogens with zero attached hydrogens (tertiary/aromatic N) is 1. The molecule has 0 aliphatic heterocycles. The largest absolute Gasteiger partial charge is 0.493 e. The van der Waals surface area contributed by atoms with Crippen molar-refractivity contribution in [2.24, 2.45) is 0 Å². The molecule has 0 saturated heterocycles. The average Bonchev–Trinajstić information content (AvgIpc) is 2.87. The van der Waals surface area contributed by atoms with Gasteiger partial charge < -0.3 is 4.74 Å². The Balaban J connectivity index is 0.000000686. The molecule has 2 nitrogen and oxygen atoms in total. The fraction of sp³-hybridized carbons (Fsp3) is 0.357. The molecule has 2 aromatic heterocycles. The summed E-state index contributed by atoms with van der Waals surface area (Å²) < 4.78 is 5.67. The summed E-state index contributed by atoms with van der Waals surface area (Å²) in [6.45, 7) is 6.73. The quantitative estimate of drug-likeness (QED) is 0.814. The van der Waals surface area contributed by atoms with Gasteiger partial charge in [-0.25, -0.2) is 0 Å². The molecular formula is C14H19NOS. The molecule has 92 valence electrons. The maximum atomic E-state index is 5.67. The third kappa shape index (κ3) is 4.57. The molecule has 0 spiro atoms. The fourth-order valence-electron chi connectivity index (χ4n) is 1.34. The Morgan fingerprint density at radius 3 is 2.76 bits per heavy atom. The van der Waals surface area contributed by atoms with E-state index in [9.17, 15) is 0 Å². The Bertz CT molecular complexity index is 412. The summed E-state index contributed by atoms with van der Waals surface area (Å²) in [6, 6.07) is 4.04. The number of pyridine rings is 1. The van der Waals surface area contributed by atoms with Crippen LogP contribution in [0.5, 0.6) is 5.75 Å². The average molecular weight is 249 g/mol. The highest BCUT2D eigenvalue weighted by molar-refractivity contribution is 7.07. The van der Waals surface area contributed by atoms with Crippen molar-refractivity contribution in [2.45, 2.75) is 27.2 Å². The summed E-state index contributed by atoms with van der Waals surface area (Å²) in [5.74, 6) is 0.931. The van der Waals surface area contributed by atoms with Gasteiger partial charge in [-0.3, -0.25) is 4.98 Å². The number of ether oxygens (including phenoxy) is 1. The SMILES string of the molecule is CC.Cc1cnccc1OCCc1ccsc1. The van der Waals surface area contributed by atoms with E-state index < -0.39 is 0 Å². The zero-order chi connectivity index (χ0) is 12.5. The monoisotopic (exact) mass is 249 g/mol. The standard InChI is InChI=1S/C12H13NOS.C2H6/c1-10-8-13-5-2-12(10)14-6-3-11-4-7-15-9-11;1-2/h2,4-5,7-9H,3,6H2,1H3;1-2H3. The fourth-order valence-corrected chi connectivity index (χ4v) is 2.04. The van der Waals surface area contributed by atoms with Crippen LogP contribution in [-0.2, 0) is 6.42 Å². The van der Waals surface area contributed by atoms with Crippen LogP contribution in [0.2, 0.25) is 0 Å². The molecule has 0 fully saturated rings. The predicted octanol–water partition coefficient (Wildman–Crippen LogP) is 4.10. The van der Waals surface area contributed by atoms with Crippen molar-refractivity contribution in [3.05, 3.63) is 46.4 Å². The minimum atomic E-state index is 0.724. The van der Waals surface area contributed by atoms with E-state index in [-0.39, 0.29) is 0 Å². The molecule has 17 heavy (non-hydrogen) atoms. The van der Waals surface area contributed by atoms with E-state index in [0.29, 0.717) is 0 Å². The Hall–Kier alpha value is -1.35. The molecule has 0 aromatic carbocycles. The lowest BCUT2D eigenvalue weighted by molar-refractivity contribution is 0.319. The highest BCUT2D eigenvalue weighted by Crippen LogP contribution is 2.15. The van der Waals surface area contributed by atoms with Crippen LogP contribution in [0.3, 0.4) is 0 Å². The molecule has 0 saturated carbocycles. The zero-order valence-corrected chi connectivity index (χ0v) is 11.5. The van der Waals surface area contributed by atoms with Crippen molar-refractivity contribution >= 4 is 11.3 Å². The normalized spacial score (nSPS) is 9.35. The number of hydrogen-bond donors (Lipinski definition) is 0. The molecule has 2 rings (SSSR count). The van der Waals surface area contributed by atoms with Crippen LogP contribution in [0.1, 0.15) is 25.0 Å². The molecular weight excluding hydrogens is 230 g/mol. The van der Waals surface area contributed by atoms with Crippen LogP contribution in [-0.4, -0.2) is 11.6 Å². The van der Waals surface area contributed by atoms with Gasteiger partial charge in [-0.1, -0.05) is 13.8 Å². The van der Waals surface area contributed by atoms with Gasteiger partial charge in [-0.2, -0.15) is 11.3 Å². The summed E-state index contributed by atoms with van der Waals surface area (Å²) >= 11 is 1.72. The maximum absolute atomic E-state index is 5.67. The molecule has 0 aliphatic rings. The van der Waals surface area contributed by atoms with Crippen molar-refractivity contribution in [3.63, 3.8) is 0 Å². The minimum Gasteiger partial charge on any atom is -0.493 e. The summed E-state index contributed by atoms with van der Waals surface area (Å²) in [5, 5.41) is 4.25. The van der Waals surface area contributed by atoms with Gasteiger partial charge in [0, 0.05) is 24.4 Å². The van der Waals surface area contributed by atoms with Crippen LogP contribution >= 0.6 is 11.3 Å². The highest BCUT2D eigenvalue weighted by atomic mass is 32.1. The van der Waals surface area contributed by atoms with Crippen molar-refractivity contribution in [2.75, 3.05) is 6.61 Å². The van der Waals surface area contributed by atoms with Crippen molar-refractivity contribution < 1.29 is 4.74 Å². The van der Waals surface area contributed by atoms with E-state index in [2.05, 4.69) is 21.8 Å². The smallest absolute Gasteiger partial charge is 0.125 e. The molecule has 0 atom stereocenters. The van der Waals surface area contributed by atoms with E-state index in [0.717, 1.165) is 24.3 Å². The first-order chi connectivity index (χ1) is 8.36. The Labute approximate surface area is 107 Å². The molecule has 2 aromatic rings. The van der Waals surface area contributed by atoms with Gasteiger partial charge in [0.25, 0.3) is 0 Å². The third-order valence-electron chi connectivity index (χ3n) is 2.20. The summed E-state index contributed by atoms with van der Waals surface area (Å²) in [6.07, 6.45) is 4.54. The second-order valence-electron chi connectivity index (χ2n) is 3.37. The first-order valence-corrected chi connectivity index (χ1v) is 6.85. The van der Waals surface area contributed by atoms with Crippen molar-refractivity contribution in [1.29, 1.82) is 0 Å². The van der Waals surface area contributed by atoms with E-state index in [4.69, 9.17) is 4.74 Å². The van der Waals surface area contributed by atoms with Gasteiger partial charge >= 0.3 is 0 Å². The summed E-state index contributed by atoms with van der Waals surface area (Å²) in [7, 11) is 0. The Kier molecular flexibility index (Phi) is 6.33.